The largest absolute Gasteiger partial charge is 0.493 e. The normalized spacial score (nSPS) is 10.5. The van der Waals surface area contributed by atoms with Gasteiger partial charge in [0.1, 0.15) is 0 Å². The van der Waals surface area contributed by atoms with Gasteiger partial charge in [-0.25, -0.2) is 0 Å². The highest BCUT2D eigenvalue weighted by Gasteiger charge is 2.10. The van der Waals surface area contributed by atoms with E-state index in [1.54, 1.807) is 38.5 Å². The topological polar surface area (TPSA) is 66.0 Å². The molecule has 0 atom stereocenters. The third kappa shape index (κ3) is 4.92. The third-order valence-corrected chi connectivity index (χ3v) is 3.57. The summed E-state index contributed by atoms with van der Waals surface area (Å²) in [6, 6.07) is 10.6. The quantitative estimate of drug-likeness (QED) is 0.779. The van der Waals surface area contributed by atoms with Crippen molar-refractivity contribution in [3.8, 4) is 23.0 Å². The lowest BCUT2D eigenvalue weighted by Crippen LogP contribution is -2.20. The Kier molecular flexibility index (Phi) is 6.91. The smallest absolute Gasteiger partial charge is 0.262 e. The van der Waals surface area contributed by atoms with E-state index in [1.165, 1.54) is 7.11 Å². The first-order valence-corrected chi connectivity index (χ1v) is 8.06. The zero-order valence-corrected chi connectivity index (χ0v) is 15.4. The second kappa shape index (κ2) is 9.36. The van der Waals surface area contributed by atoms with Gasteiger partial charge in [0.25, 0.3) is 5.91 Å². The number of benzene rings is 2. The van der Waals surface area contributed by atoms with Crippen molar-refractivity contribution in [1.82, 2.24) is 0 Å². The summed E-state index contributed by atoms with van der Waals surface area (Å²) in [6.07, 6.45) is 3.89. The van der Waals surface area contributed by atoms with Gasteiger partial charge < -0.3 is 24.3 Å². The van der Waals surface area contributed by atoms with E-state index in [-0.39, 0.29) is 12.5 Å². The van der Waals surface area contributed by atoms with Gasteiger partial charge in [0.05, 0.1) is 21.3 Å². The molecule has 1 N–H and O–H groups in total. The third-order valence-electron chi connectivity index (χ3n) is 3.57. The second-order valence-electron chi connectivity index (χ2n) is 5.32. The van der Waals surface area contributed by atoms with Gasteiger partial charge in [-0.1, -0.05) is 18.2 Å². The van der Waals surface area contributed by atoms with Crippen LogP contribution in [0.25, 0.3) is 6.08 Å². The van der Waals surface area contributed by atoms with E-state index in [4.69, 9.17) is 18.9 Å². The predicted octanol–water partition coefficient (Wildman–Crippen LogP) is 3.76. The van der Waals surface area contributed by atoms with E-state index in [1.807, 2.05) is 31.2 Å². The summed E-state index contributed by atoms with van der Waals surface area (Å²) in [5.41, 5.74) is 1.58. The number of carbonyl (C=O) groups excluding carboxylic acids is 1. The van der Waals surface area contributed by atoms with Gasteiger partial charge >= 0.3 is 0 Å². The Bertz CT molecular complexity index is 786. The molecule has 0 spiro atoms. The van der Waals surface area contributed by atoms with Gasteiger partial charge in [-0.2, -0.15) is 0 Å². The van der Waals surface area contributed by atoms with Crippen LogP contribution in [0.5, 0.6) is 23.0 Å². The number of anilines is 1. The fraction of sp³-hybridized carbons (Fsp3) is 0.250. The highest BCUT2D eigenvalue weighted by atomic mass is 16.5. The van der Waals surface area contributed by atoms with Gasteiger partial charge in [-0.15, -0.1) is 0 Å². The first-order valence-electron chi connectivity index (χ1n) is 8.06. The average molecular weight is 357 g/mol. The molecule has 2 rings (SSSR count). The minimum absolute atomic E-state index is 0.145. The van der Waals surface area contributed by atoms with Crippen molar-refractivity contribution < 1.29 is 23.7 Å². The number of amides is 1. The Morgan fingerprint density at radius 1 is 0.923 bits per heavy atom. The predicted molar refractivity (Wildman–Crippen MR) is 101 cm³/mol. The van der Waals surface area contributed by atoms with Crippen LogP contribution in [0, 0.1) is 0 Å². The van der Waals surface area contributed by atoms with Crippen LogP contribution in [-0.4, -0.2) is 33.8 Å². The standard InChI is InChI=1S/C20H23NO5/c1-5-6-14-7-9-17(18(11-14)24-3)26-13-20(22)21-15-8-10-16(23-2)19(12-15)25-4/h5-12H,13H2,1-4H3,(H,21,22)/b6-5+. The van der Waals surface area contributed by atoms with Crippen LogP contribution >= 0.6 is 0 Å². The zero-order valence-electron chi connectivity index (χ0n) is 15.4. The molecule has 0 radical (unpaired) electrons. The summed E-state index contributed by atoms with van der Waals surface area (Å²) in [4.78, 5) is 12.1. The summed E-state index contributed by atoms with van der Waals surface area (Å²) in [7, 11) is 4.65. The Morgan fingerprint density at radius 2 is 1.58 bits per heavy atom. The van der Waals surface area contributed by atoms with Crippen molar-refractivity contribution in [1.29, 1.82) is 0 Å². The molecule has 0 saturated carbocycles. The summed E-state index contributed by atoms with van der Waals surface area (Å²) in [5.74, 6) is 1.90. The Hall–Kier alpha value is -3.15. The molecule has 0 heterocycles. The molecular formula is C20H23NO5. The van der Waals surface area contributed by atoms with Gasteiger partial charge in [-0.05, 0) is 36.8 Å². The number of rotatable bonds is 8. The first-order chi connectivity index (χ1) is 12.6. The van der Waals surface area contributed by atoms with Crippen molar-refractivity contribution in [2.45, 2.75) is 6.92 Å². The van der Waals surface area contributed by atoms with Crippen molar-refractivity contribution in [2.24, 2.45) is 0 Å². The minimum Gasteiger partial charge on any atom is -0.493 e. The van der Waals surface area contributed by atoms with Crippen LogP contribution in [0.1, 0.15) is 12.5 Å². The van der Waals surface area contributed by atoms with Gasteiger partial charge in [0, 0.05) is 11.8 Å². The molecule has 2 aromatic rings. The van der Waals surface area contributed by atoms with Gasteiger partial charge in [-0.3, -0.25) is 4.79 Å². The number of nitrogens with one attached hydrogen (secondary N) is 1. The molecule has 0 aliphatic carbocycles. The van der Waals surface area contributed by atoms with Crippen LogP contribution in [0.2, 0.25) is 0 Å². The molecule has 0 aliphatic rings. The lowest BCUT2D eigenvalue weighted by molar-refractivity contribution is -0.118. The lowest BCUT2D eigenvalue weighted by Gasteiger charge is -2.13. The number of ether oxygens (including phenoxy) is 4. The maximum Gasteiger partial charge on any atom is 0.262 e. The molecule has 2 aromatic carbocycles. The number of methoxy groups -OCH3 is 3. The average Bonchev–Trinajstić information content (AvgIpc) is 2.66. The molecule has 1 amide bonds. The monoisotopic (exact) mass is 357 g/mol. The summed E-state index contributed by atoms with van der Waals surface area (Å²) in [6.45, 7) is 1.79. The van der Waals surface area contributed by atoms with E-state index in [0.29, 0.717) is 28.7 Å². The van der Waals surface area contributed by atoms with Crippen molar-refractivity contribution in [2.75, 3.05) is 33.3 Å². The molecule has 6 nitrogen and oxygen atoms in total. The molecule has 26 heavy (non-hydrogen) atoms. The maximum atomic E-state index is 12.1. The van der Waals surface area contributed by atoms with Gasteiger partial charge in [0.15, 0.2) is 29.6 Å². The maximum absolute atomic E-state index is 12.1. The van der Waals surface area contributed by atoms with E-state index in [9.17, 15) is 4.79 Å². The van der Waals surface area contributed by atoms with Crippen molar-refractivity contribution >= 4 is 17.7 Å². The highest BCUT2D eigenvalue weighted by molar-refractivity contribution is 5.92. The fourth-order valence-electron chi connectivity index (χ4n) is 2.35. The lowest BCUT2D eigenvalue weighted by atomic mass is 10.2. The van der Waals surface area contributed by atoms with E-state index in [0.717, 1.165) is 5.56 Å². The Morgan fingerprint density at radius 3 is 2.23 bits per heavy atom. The second-order valence-corrected chi connectivity index (χ2v) is 5.32. The van der Waals surface area contributed by atoms with Crippen LogP contribution in [0.4, 0.5) is 5.69 Å². The molecule has 0 fully saturated rings. The molecule has 0 bridgehead atoms. The van der Waals surface area contributed by atoms with Crippen LogP contribution in [0.3, 0.4) is 0 Å². The van der Waals surface area contributed by atoms with Crippen LogP contribution < -0.4 is 24.3 Å². The van der Waals surface area contributed by atoms with Crippen LogP contribution in [-0.2, 0) is 4.79 Å². The summed E-state index contributed by atoms with van der Waals surface area (Å²) < 4.78 is 21.3. The van der Waals surface area contributed by atoms with Crippen molar-refractivity contribution in [3.63, 3.8) is 0 Å². The summed E-state index contributed by atoms with van der Waals surface area (Å²) >= 11 is 0. The van der Waals surface area contributed by atoms with Crippen molar-refractivity contribution in [3.05, 3.63) is 48.0 Å². The molecule has 0 saturated heterocycles. The summed E-state index contributed by atoms with van der Waals surface area (Å²) in [5, 5.41) is 2.76. The number of hydrogen-bond donors (Lipinski definition) is 1. The molecule has 0 aliphatic heterocycles. The SMILES string of the molecule is C/C=C/c1ccc(OCC(=O)Nc2ccc(OC)c(OC)c2)c(OC)c1. The van der Waals surface area contributed by atoms with Crippen LogP contribution in [0.15, 0.2) is 42.5 Å². The molecule has 0 unspecified atom stereocenters. The van der Waals surface area contributed by atoms with E-state index in [2.05, 4.69) is 5.32 Å². The number of carbonyl (C=O) groups is 1. The first kappa shape index (κ1) is 19.2. The Balaban J connectivity index is 2.01. The Labute approximate surface area is 153 Å². The van der Waals surface area contributed by atoms with Gasteiger partial charge in [0.2, 0.25) is 0 Å². The van der Waals surface area contributed by atoms with E-state index >= 15 is 0 Å². The number of allylic oxidation sites excluding steroid dienone is 1. The molecule has 138 valence electrons. The number of hydrogen-bond acceptors (Lipinski definition) is 5. The minimum atomic E-state index is -0.295. The highest BCUT2D eigenvalue weighted by Crippen LogP contribution is 2.30. The zero-order chi connectivity index (χ0) is 18.9. The molecule has 6 heteroatoms. The molecular weight excluding hydrogens is 334 g/mol. The fourth-order valence-corrected chi connectivity index (χ4v) is 2.35. The molecule has 0 aromatic heterocycles. The van der Waals surface area contributed by atoms with E-state index < -0.39 is 0 Å².